The molecule has 0 saturated carbocycles. The molecule has 0 fully saturated rings. The Morgan fingerprint density at radius 3 is 1.22 bits per heavy atom. The number of thiophene rings is 1. The Kier molecular flexibility index (Phi) is 7.63. The van der Waals surface area contributed by atoms with Crippen LogP contribution in [-0.2, 0) is 0 Å². The van der Waals surface area contributed by atoms with Crippen LogP contribution in [0, 0.1) is 0 Å². The third-order valence-corrected chi connectivity index (χ3v) is 14.8. The zero-order chi connectivity index (χ0) is 41.9. The first-order valence-corrected chi connectivity index (χ1v) is 22.9. The van der Waals surface area contributed by atoms with Crippen LogP contribution in [0.2, 0.25) is 0 Å². The molecule has 0 atom stereocenters. The summed E-state index contributed by atoms with van der Waals surface area (Å²) in [7, 11) is 0. The molecule has 14 aromatic rings. The first-order valence-electron chi connectivity index (χ1n) is 22.1. The van der Waals surface area contributed by atoms with Crippen LogP contribution in [0.3, 0.4) is 0 Å². The predicted octanol–water partition coefficient (Wildman–Crippen LogP) is 17.9. The second kappa shape index (κ2) is 13.7. The Morgan fingerprint density at radius 1 is 0.250 bits per heavy atom. The topological polar surface area (TPSA) is 4.93 Å². The number of hydrogen-bond acceptors (Lipinski definition) is 1. The molecule has 0 aliphatic heterocycles. The smallest absolute Gasteiger partial charge is 0.0541 e. The fraction of sp³-hybridized carbons (Fsp3) is 0. The summed E-state index contributed by atoms with van der Waals surface area (Å²) in [6.07, 6.45) is 0. The quantitative estimate of drug-likeness (QED) is 0.156. The largest absolute Gasteiger partial charge is 0.309 e. The van der Waals surface area contributed by atoms with Gasteiger partial charge in [-0.05, 0) is 142 Å². The van der Waals surface area contributed by atoms with Crippen molar-refractivity contribution in [2.24, 2.45) is 0 Å². The van der Waals surface area contributed by atoms with Crippen molar-refractivity contribution < 1.29 is 0 Å². The van der Waals surface area contributed by atoms with Gasteiger partial charge in [-0.25, -0.2) is 0 Å². The van der Waals surface area contributed by atoms with Gasteiger partial charge in [0.05, 0.1) is 11.0 Å². The van der Waals surface area contributed by atoms with Gasteiger partial charge >= 0.3 is 0 Å². The van der Waals surface area contributed by atoms with Gasteiger partial charge in [-0.1, -0.05) is 170 Å². The molecule has 0 unspecified atom stereocenters. The SMILES string of the molecule is c1ccc(-n2c3ccccc3c3cc(-c4c5ccccc5c(-c5c6ccccc6c(-c6ccc7sc8cc9ccccc9cc8c7c6)c6ccccc56)c5ccccc45)ccc32)cc1. The first-order chi connectivity index (χ1) is 31.8. The van der Waals surface area contributed by atoms with E-state index in [1.54, 1.807) is 0 Å². The molecular formula is C62H37NS. The van der Waals surface area contributed by atoms with Crippen LogP contribution in [0.15, 0.2) is 224 Å². The van der Waals surface area contributed by atoms with E-state index in [-0.39, 0.29) is 0 Å². The standard InChI is InChI=1S/C62H37NS/c1-2-18-42(19-3-1)63-55-29-15-14-20-43(55)52-35-40(30-32-56(52)63)59-44-21-6-10-25-48(44)61(49-26-11-7-22-45(49)59)62-50-27-12-8-23-46(50)60(47-24-9-13-28-51(47)62)41-31-33-57-53(36-41)54-34-38-16-4-5-17-39(38)37-58(54)64-57/h1-37H. The molecule has 14 rings (SSSR count). The lowest BCUT2D eigenvalue weighted by atomic mass is 9.81. The highest BCUT2D eigenvalue weighted by molar-refractivity contribution is 7.25. The van der Waals surface area contributed by atoms with Gasteiger partial charge in [-0.3, -0.25) is 0 Å². The molecule has 64 heavy (non-hydrogen) atoms. The Balaban J connectivity index is 1.04. The van der Waals surface area contributed by atoms with E-state index in [0.29, 0.717) is 0 Å². The number of nitrogens with zero attached hydrogens (tertiary/aromatic N) is 1. The van der Waals surface area contributed by atoms with E-state index >= 15 is 0 Å². The molecule has 12 aromatic carbocycles. The molecule has 0 spiro atoms. The number of aromatic nitrogens is 1. The number of rotatable bonds is 4. The molecule has 2 heterocycles. The fourth-order valence-electron chi connectivity index (χ4n) is 11.0. The maximum absolute atomic E-state index is 2.45. The van der Waals surface area contributed by atoms with Crippen LogP contribution in [0.1, 0.15) is 0 Å². The highest BCUT2D eigenvalue weighted by Crippen LogP contribution is 2.51. The van der Waals surface area contributed by atoms with Gasteiger partial charge in [0.15, 0.2) is 0 Å². The van der Waals surface area contributed by atoms with Gasteiger partial charge in [-0.2, -0.15) is 0 Å². The molecule has 0 N–H and O–H groups in total. The average Bonchev–Trinajstić information content (AvgIpc) is 3.88. The van der Waals surface area contributed by atoms with Gasteiger partial charge in [-0.15, -0.1) is 11.3 Å². The van der Waals surface area contributed by atoms with Gasteiger partial charge in [0.2, 0.25) is 0 Å². The summed E-state index contributed by atoms with van der Waals surface area (Å²) in [6.45, 7) is 0. The molecule has 2 aromatic heterocycles. The summed E-state index contributed by atoms with van der Waals surface area (Å²) in [5.41, 5.74) is 11.2. The molecule has 0 saturated heterocycles. The van der Waals surface area contributed by atoms with Crippen LogP contribution in [-0.4, -0.2) is 4.57 Å². The lowest BCUT2D eigenvalue weighted by Crippen LogP contribution is -1.95. The molecule has 2 heteroatoms. The van der Waals surface area contributed by atoms with Crippen LogP contribution >= 0.6 is 11.3 Å². The van der Waals surface area contributed by atoms with Gasteiger partial charge in [0.25, 0.3) is 0 Å². The minimum atomic E-state index is 1.17. The minimum absolute atomic E-state index is 1.17. The van der Waals surface area contributed by atoms with Crippen molar-refractivity contribution in [2.75, 3.05) is 0 Å². The van der Waals surface area contributed by atoms with E-state index in [9.17, 15) is 0 Å². The Labute approximate surface area is 373 Å². The molecular weight excluding hydrogens is 791 g/mol. The number of benzene rings is 12. The zero-order valence-electron chi connectivity index (χ0n) is 34.7. The van der Waals surface area contributed by atoms with Crippen LogP contribution < -0.4 is 0 Å². The number of fused-ring (bicyclic) bond motifs is 11. The highest BCUT2D eigenvalue weighted by atomic mass is 32.1. The predicted molar refractivity (Wildman–Crippen MR) is 278 cm³/mol. The molecule has 0 radical (unpaired) electrons. The summed E-state index contributed by atoms with van der Waals surface area (Å²) in [6, 6.07) is 83.6. The van der Waals surface area contributed by atoms with Crippen molar-refractivity contribution in [1.29, 1.82) is 0 Å². The van der Waals surface area contributed by atoms with Gasteiger partial charge in [0.1, 0.15) is 0 Å². The summed E-state index contributed by atoms with van der Waals surface area (Å²) in [5, 5.41) is 17.8. The molecule has 0 amide bonds. The lowest BCUT2D eigenvalue weighted by Gasteiger charge is -2.22. The van der Waals surface area contributed by atoms with Crippen molar-refractivity contribution in [3.05, 3.63) is 224 Å². The lowest BCUT2D eigenvalue weighted by molar-refractivity contribution is 1.18. The average molecular weight is 828 g/mol. The van der Waals surface area contributed by atoms with Crippen molar-refractivity contribution in [1.82, 2.24) is 4.57 Å². The Morgan fingerprint density at radius 2 is 0.656 bits per heavy atom. The van der Waals surface area contributed by atoms with E-state index in [2.05, 4.69) is 229 Å². The van der Waals surface area contributed by atoms with Crippen LogP contribution in [0.25, 0.3) is 135 Å². The zero-order valence-corrected chi connectivity index (χ0v) is 35.5. The van der Waals surface area contributed by atoms with Crippen molar-refractivity contribution in [2.45, 2.75) is 0 Å². The van der Waals surface area contributed by atoms with Gasteiger partial charge in [0, 0.05) is 36.6 Å². The maximum Gasteiger partial charge on any atom is 0.0541 e. The monoisotopic (exact) mass is 827 g/mol. The molecule has 1 nitrogen and oxygen atoms in total. The molecule has 0 aliphatic carbocycles. The van der Waals surface area contributed by atoms with Crippen LogP contribution in [0.5, 0.6) is 0 Å². The van der Waals surface area contributed by atoms with Crippen molar-refractivity contribution in [3.63, 3.8) is 0 Å². The van der Waals surface area contributed by atoms with Crippen molar-refractivity contribution in [3.8, 4) is 39.1 Å². The fourth-order valence-corrected chi connectivity index (χ4v) is 12.1. The second-order valence-electron chi connectivity index (χ2n) is 17.1. The van der Waals surface area contributed by atoms with E-state index < -0.39 is 0 Å². The van der Waals surface area contributed by atoms with Crippen LogP contribution in [0.4, 0.5) is 0 Å². The second-order valence-corrected chi connectivity index (χ2v) is 18.2. The Hall–Kier alpha value is -8.04. The van der Waals surface area contributed by atoms with E-state index in [1.807, 2.05) is 11.3 Å². The Bertz CT molecular complexity index is 4130. The summed E-state index contributed by atoms with van der Waals surface area (Å²) in [4.78, 5) is 0. The molecule has 0 aliphatic rings. The minimum Gasteiger partial charge on any atom is -0.309 e. The van der Waals surface area contributed by atoms with Crippen molar-refractivity contribution >= 4 is 107 Å². The first kappa shape index (κ1) is 35.5. The maximum atomic E-state index is 2.45. The normalized spacial score (nSPS) is 12.1. The number of hydrogen-bond donors (Lipinski definition) is 0. The highest BCUT2D eigenvalue weighted by Gasteiger charge is 2.23. The van der Waals surface area contributed by atoms with E-state index in [0.717, 1.165) is 0 Å². The molecule has 296 valence electrons. The third kappa shape index (κ3) is 5.12. The van der Waals surface area contributed by atoms with E-state index in [1.165, 1.54) is 135 Å². The third-order valence-electron chi connectivity index (χ3n) is 13.7. The summed E-state index contributed by atoms with van der Waals surface area (Å²) in [5.74, 6) is 0. The van der Waals surface area contributed by atoms with Gasteiger partial charge < -0.3 is 4.57 Å². The number of para-hydroxylation sites is 2. The summed E-state index contributed by atoms with van der Waals surface area (Å²) < 4.78 is 5.05. The summed E-state index contributed by atoms with van der Waals surface area (Å²) >= 11 is 1.89. The molecule has 0 bridgehead atoms. The van der Waals surface area contributed by atoms with E-state index in [4.69, 9.17) is 0 Å².